The molecule has 7 heteroatoms. The predicted octanol–water partition coefficient (Wildman–Crippen LogP) is 4.89. The molecule has 0 radical (unpaired) electrons. The molecular formula is C20H15Cl2N5. The van der Waals surface area contributed by atoms with E-state index in [1.807, 2.05) is 53.1 Å². The minimum atomic E-state index is 0.332. The Morgan fingerprint density at radius 2 is 1.67 bits per heavy atom. The highest BCUT2D eigenvalue weighted by atomic mass is 35.5. The maximum absolute atomic E-state index is 6.29. The van der Waals surface area contributed by atoms with Crippen LogP contribution in [0.4, 0.5) is 5.82 Å². The smallest absolute Gasteiger partial charge is 0.166 e. The van der Waals surface area contributed by atoms with Crippen LogP contribution in [0.5, 0.6) is 0 Å². The molecule has 134 valence electrons. The average Bonchev–Trinajstić information content (AvgIpc) is 3.11. The third-order valence-electron chi connectivity index (χ3n) is 4.12. The molecular weight excluding hydrogens is 381 g/mol. The number of nitrogen functional groups attached to an aromatic ring is 1. The van der Waals surface area contributed by atoms with Crippen LogP contribution in [-0.4, -0.2) is 19.5 Å². The monoisotopic (exact) mass is 395 g/mol. The summed E-state index contributed by atoms with van der Waals surface area (Å²) in [6.45, 7) is 0.419. The van der Waals surface area contributed by atoms with Crippen molar-refractivity contribution < 1.29 is 0 Å². The molecule has 4 rings (SSSR count). The topological polar surface area (TPSA) is 69.6 Å². The predicted molar refractivity (Wildman–Crippen MR) is 110 cm³/mol. The SMILES string of the molecule is Nc1ncn(Cc2c(Cl)cccc2Cl)c2nc(/C=C/c3ccccc3)nc1-2. The molecule has 2 heterocycles. The molecule has 2 N–H and O–H groups in total. The van der Waals surface area contributed by atoms with Crippen LogP contribution < -0.4 is 5.73 Å². The largest absolute Gasteiger partial charge is 0.382 e. The summed E-state index contributed by atoms with van der Waals surface area (Å²) in [4.78, 5) is 13.3. The number of aromatic nitrogens is 4. The Morgan fingerprint density at radius 1 is 0.926 bits per heavy atom. The van der Waals surface area contributed by atoms with Crippen LogP contribution in [0.1, 0.15) is 17.0 Å². The summed E-state index contributed by atoms with van der Waals surface area (Å²) in [5.41, 5.74) is 8.40. The van der Waals surface area contributed by atoms with Gasteiger partial charge in [0.1, 0.15) is 0 Å². The molecule has 0 amide bonds. The molecule has 0 atom stereocenters. The lowest BCUT2D eigenvalue weighted by atomic mass is 10.2. The van der Waals surface area contributed by atoms with Crippen molar-refractivity contribution in [1.29, 1.82) is 0 Å². The van der Waals surface area contributed by atoms with Gasteiger partial charge in [0.05, 0.1) is 12.9 Å². The molecule has 27 heavy (non-hydrogen) atoms. The lowest BCUT2D eigenvalue weighted by Gasteiger charge is -2.13. The number of hydrogen-bond acceptors (Lipinski definition) is 4. The number of fused-ring (bicyclic) bond motifs is 1. The van der Waals surface area contributed by atoms with E-state index < -0.39 is 0 Å². The molecule has 0 fully saturated rings. The van der Waals surface area contributed by atoms with Crippen molar-refractivity contribution in [3.63, 3.8) is 0 Å². The van der Waals surface area contributed by atoms with Crippen molar-refractivity contribution in [2.45, 2.75) is 6.54 Å². The van der Waals surface area contributed by atoms with Gasteiger partial charge in [-0.3, -0.25) is 0 Å². The number of rotatable bonds is 4. The average molecular weight is 396 g/mol. The first kappa shape index (κ1) is 17.5. The molecule has 0 aromatic heterocycles. The molecule has 5 nitrogen and oxygen atoms in total. The van der Waals surface area contributed by atoms with Crippen molar-refractivity contribution in [3.05, 3.63) is 81.9 Å². The van der Waals surface area contributed by atoms with E-state index in [2.05, 4.69) is 15.0 Å². The highest BCUT2D eigenvalue weighted by Crippen LogP contribution is 2.29. The Balaban J connectivity index is 1.72. The minimum Gasteiger partial charge on any atom is -0.382 e. The fraction of sp³-hybridized carbons (Fsp3) is 0.0500. The molecule has 2 aliphatic heterocycles. The van der Waals surface area contributed by atoms with Gasteiger partial charge in [0, 0.05) is 15.6 Å². The first-order valence-electron chi connectivity index (χ1n) is 8.26. The number of anilines is 1. The number of imidazole rings is 1. The van der Waals surface area contributed by atoms with Crippen molar-refractivity contribution in [1.82, 2.24) is 19.5 Å². The normalized spacial score (nSPS) is 11.5. The van der Waals surface area contributed by atoms with Gasteiger partial charge in [-0.1, -0.05) is 65.7 Å². The summed E-state index contributed by atoms with van der Waals surface area (Å²) in [5.74, 6) is 1.53. The van der Waals surface area contributed by atoms with Gasteiger partial charge >= 0.3 is 0 Å². The molecule has 2 aromatic carbocycles. The molecule has 0 bridgehead atoms. The molecule has 0 saturated heterocycles. The highest BCUT2D eigenvalue weighted by molar-refractivity contribution is 6.36. The maximum Gasteiger partial charge on any atom is 0.166 e. The Kier molecular flexibility index (Phi) is 4.79. The maximum atomic E-state index is 6.29. The second-order valence-corrected chi connectivity index (χ2v) is 6.77. The van der Waals surface area contributed by atoms with Gasteiger partial charge < -0.3 is 10.3 Å². The van der Waals surface area contributed by atoms with E-state index in [1.54, 1.807) is 18.5 Å². The second kappa shape index (κ2) is 7.39. The molecule has 0 spiro atoms. The third kappa shape index (κ3) is 3.65. The van der Waals surface area contributed by atoms with Crippen molar-refractivity contribution in [3.8, 4) is 11.5 Å². The molecule has 0 unspecified atom stereocenters. The van der Waals surface area contributed by atoms with Gasteiger partial charge in [0.25, 0.3) is 0 Å². The van der Waals surface area contributed by atoms with Gasteiger partial charge in [-0.05, 0) is 23.8 Å². The second-order valence-electron chi connectivity index (χ2n) is 5.96. The van der Waals surface area contributed by atoms with Gasteiger partial charge in [-0.25, -0.2) is 15.0 Å². The summed E-state index contributed by atoms with van der Waals surface area (Å²) in [6, 6.07) is 15.4. The van der Waals surface area contributed by atoms with Crippen molar-refractivity contribution >= 4 is 41.2 Å². The van der Waals surface area contributed by atoms with Crippen molar-refractivity contribution in [2.24, 2.45) is 0 Å². The molecule has 2 aliphatic rings. The zero-order chi connectivity index (χ0) is 18.8. The summed E-state index contributed by atoms with van der Waals surface area (Å²) in [7, 11) is 0. The van der Waals surface area contributed by atoms with E-state index >= 15 is 0 Å². The van der Waals surface area contributed by atoms with Crippen LogP contribution in [0.25, 0.3) is 23.7 Å². The summed E-state index contributed by atoms with van der Waals surface area (Å²) < 4.78 is 1.84. The Labute approximate surface area is 166 Å². The number of halogens is 2. The Hall–Kier alpha value is -2.89. The van der Waals surface area contributed by atoms with Gasteiger partial charge in [-0.15, -0.1) is 0 Å². The standard InChI is InChI=1S/C20H15Cl2N5/c21-15-7-4-8-16(22)14(15)11-27-12-24-19(23)18-20(27)26-17(25-18)10-9-13-5-2-1-3-6-13/h1-10,12H,11,23H2/b10-9+. The fourth-order valence-electron chi connectivity index (χ4n) is 2.75. The van der Waals surface area contributed by atoms with Crippen LogP contribution in [0.2, 0.25) is 10.0 Å². The molecule has 0 aliphatic carbocycles. The number of benzene rings is 2. The van der Waals surface area contributed by atoms with E-state index in [4.69, 9.17) is 28.9 Å². The Morgan fingerprint density at radius 3 is 2.41 bits per heavy atom. The zero-order valence-corrected chi connectivity index (χ0v) is 15.7. The van der Waals surface area contributed by atoms with Crippen LogP contribution in [-0.2, 0) is 6.54 Å². The number of nitrogens with two attached hydrogens (primary N) is 1. The highest BCUT2D eigenvalue weighted by Gasteiger charge is 2.19. The summed E-state index contributed by atoms with van der Waals surface area (Å²) >= 11 is 12.6. The third-order valence-corrected chi connectivity index (χ3v) is 4.83. The minimum absolute atomic E-state index is 0.332. The lowest BCUT2D eigenvalue weighted by molar-refractivity contribution is 0.763. The Bertz CT molecular complexity index is 1070. The first-order chi connectivity index (χ1) is 13.1. The van der Waals surface area contributed by atoms with E-state index in [-0.39, 0.29) is 0 Å². The number of hydrogen-bond donors (Lipinski definition) is 1. The van der Waals surface area contributed by atoms with E-state index in [0.29, 0.717) is 39.8 Å². The summed E-state index contributed by atoms with van der Waals surface area (Å²) in [6.07, 6.45) is 5.42. The quantitative estimate of drug-likeness (QED) is 0.534. The van der Waals surface area contributed by atoms with Gasteiger partial charge in [-0.2, -0.15) is 0 Å². The molecule has 2 aromatic rings. The van der Waals surface area contributed by atoms with E-state index in [9.17, 15) is 0 Å². The fourth-order valence-corrected chi connectivity index (χ4v) is 3.27. The van der Waals surface area contributed by atoms with Crippen molar-refractivity contribution in [2.75, 3.05) is 5.73 Å². The van der Waals surface area contributed by atoms with E-state index in [1.165, 1.54) is 0 Å². The van der Waals surface area contributed by atoms with Crippen LogP contribution in [0, 0.1) is 0 Å². The van der Waals surface area contributed by atoms with Crippen LogP contribution in [0.15, 0.2) is 54.9 Å². The lowest BCUT2D eigenvalue weighted by Crippen LogP contribution is -2.09. The van der Waals surface area contributed by atoms with Crippen LogP contribution in [0.3, 0.4) is 0 Å². The number of nitrogens with zero attached hydrogens (tertiary/aromatic N) is 4. The van der Waals surface area contributed by atoms with Gasteiger partial charge in [0.15, 0.2) is 23.2 Å². The zero-order valence-electron chi connectivity index (χ0n) is 14.2. The molecule has 0 saturated carbocycles. The van der Waals surface area contributed by atoms with E-state index in [0.717, 1.165) is 11.1 Å². The first-order valence-corrected chi connectivity index (χ1v) is 9.02. The summed E-state index contributed by atoms with van der Waals surface area (Å²) in [5, 5.41) is 1.17. The van der Waals surface area contributed by atoms with Gasteiger partial charge in [0.2, 0.25) is 0 Å². The van der Waals surface area contributed by atoms with Crippen LogP contribution >= 0.6 is 23.2 Å².